The Kier molecular flexibility index (Phi) is 5.01. The van der Waals surface area contributed by atoms with E-state index in [1.807, 2.05) is 16.8 Å². The lowest BCUT2D eigenvalue weighted by atomic mass is 10.1. The molecular weight excluding hydrogens is 336 g/mol. The SMILES string of the molecule is C[Si](C)(C)CCOCn1ncc2c(CO)cc(Br)cc21. The molecule has 0 aliphatic heterocycles. The van der Waals surface area contributed by atoms with Crippen LogP contribution in [0.1, 0.15) is 5.56 Å². The van der Waals surface area contributed by atoms with Gasteiger partial charge < -0.3 is 9.84 Å². The Bertz CT molecular complexity index is 593. The van der Waals surface area contributed by atoms with Gasteiger partial charge in [0.15, 0.2) is 0 Å². The number of aliphatic hydroxyl groups excluding tert-OH is 1. The summed E-state index contributed by atoms with van der Waals surface area (Å²) in [4.78, 5) is 0. The summed E-state index contributed by atoms with van der Waals surface area (Å²) in [5.41, 5.74) is 1.86. The smallest absolute Gasteiger partial charge is 0.139 e. The molecule has 20 heavy (non-hydrogen) atoms. The molecule has 1 aromatic heterocycles. The Balaban J connectivity index is 2.09. The van der Waals surface area contributed by atoms with E-state index >= 15 is 0 Å². The second-order valence-corrected chi connectivity index (χ2v) is 12.7. The average molecular weight is 357 g/mol. The lowest BCUT2D eigenvalue weighted by Crippen LogP contribution is -2.22. The third kappa shape index (κ3) is 3.91. The quantitative estimate of drug-likeness (QED) is 0.635. The van der Waals surface area contributed by atoms with Crippen LogP contribution in [0.15, 0.2) is 22.8 Å². The molecule has 2 rings (SSSR count). The van der Waals surface area contributed by atoms with Crippen molar-refractivity contribution in [1.82, 2.24) is 9.78 Å². The molecular formula is C14H21BrN2O2Si. The maximum absolute atomic E-state index is 9.39. The third-order valence-corrected chi connectivity index (χ3v) is 5.36. The number of halogens is 1. The van der Waals surface area contributed by atoms with Crippen LogP contribution < -0.4 is 0 Å². The lowest BCUT2D eigenvalue weighted by Gasteiger charge is -2.15. The topological polar surface area (TPSA) is 47.3 Å². The van der Waals surface area contributed by atoms with Crippen molar-refractivity contribution in [3.8, 4) is 0 Å². The van der Waals surface area contributed by atoms with Crippen molar-refractivity contribution in [2.45, 2.75) is 39.0 Å². The van der Waals surface area contributed by atoms with Gasteiger partial charge in [0.1, 0.15) is 6.73 Å². The minimum Gasteiger partial charge on any atom is -0.392 e. The van der Waals surface area contributed by atoms with Gasteiger partial charge in [-0.1, -0.05) is 35.6 Å². The molecule has 0 saturated carbocycles. The fraction of sp³-hybridized carbons (Fsp3) is 0.500. The first-order valence-corrected chi connectivity index (χ1v) is 11.2. The van der Waals surface area contributed by atoms with Gasteiger partial charge in [0.05, 0.1) is 18.3 Å². The number of aromatic nitrogens is 2. The summed E-state index contributed by atoms with van der Waals surface area (Å²) in [5.74, 6) is 0. The number of ether oxygens (including phenoxy) is 1. The molecule has 0 amide bonds. The van der Waals surface area contributed by atoms with Gasteiger partial charge in [0.25, 0.3) is 0 Å². The molecule has 0 unspecified atom stereocenters. The standard InChI is InChI=1S/C14H21BrN2O2Si/c1-20(2,3)5-4-19-10-17-14-7-12(15)6-11(9-18)13(14)8-16-17/h6-8,18H,4-5,9-10H2,1-3H3. The summed E-state index contributed by atoms with van der Waals surface area (Å²) < 4.78 is 8.51. The van der Waals surface area contributed by atoms with E-state index in [4.69, 9.17) is 4.74 Å². The minimum absolute atomic E-state index is 0.0120. The first-order chi connectivity index (χ1) is 9.40. The zero-order valence-corrected chi connectivity index (χ0v) is 14.8. The van der Waals surface area contributed by atoms with Gasteiger partial charge in [-0.15, -0.1) is 0 Å². The van der Waals surface area contributed by atoms with Crippen LogP contribution in [0, 0.1) is 0 Å². The molecule has 1 heterocycles. The molecule has 110 valence electrons. The highest BCUT2D eigenvalue weighted by Crippen LogP contribution is 2.24. The molecule has 1 N–H and O–H groups in total. The third-order valence-electron chi connectivity index (χ3n) is 3.19. The molecule has 2 aromatic rings. The van der Waals surface area contributed by atoms with Crippen molar-refractivity contribution < 1.29 is 9.84 Å². The maximum atomic E-state index is 9.39. The first kappa shape index (κ1) is 15.7. The van der Waals surface area contributed by atoms with Crippen molar-refractivity contribution in [1.29, 1.82) is 0 Å². The highest BCUT2D eigenvalue weighted by Gasteiger charge is 2.13. The largest absolute Gasteiger partial charge is 0.392 e. The van der Waals surface area contributed by atoms with Crippen molar-refractivity contribution in [3.05, 3.63) is 28.4 Å². The van der Waals surface area contributed by atoms with Crippen LogP contribution in [-0.2, 0) is 18.1 Å². The molecule has 0 radical (unpaired) electrons. The number of hydrogen-bond acceptors (Lipinski definition) is 3. The predicted molar refractivity (Wildman–Crippen MR) is 87.5 cm³/mol. The van der Waals surface area contributed by atoms with Gasteiger partial charge in [-0.05, 0) is 23.7 Å². The summed E-state index contributed by atoms with van der Waals surface area (Å²) in [6.07, 6.45) is 1.79. The van der Waals surface area contributed by atoms with Crippen LogP contribution >= 0.6 is 15.9 Å². The summed E-state index contributed by atoms with van der Waals surface area (Å²) >= 11 is 3.46. The van der Waals surface area contributed by atoms with Crippen LogP contribution in [0.25, 0.3) is 10.9 Å². The van der Waals surface area contributed by atoms with Crippen LogP contribution in [0.5, 0.6) is 0 Å². The van der Waals surface area contributed by atoms with E-state index in [1.165, 1.54) is 0 Å². The monoisotopic (exact) mass is 356 g/mol. The molecule has 1 aromatic carbocycles. The van der Waals surface area contributed by atoms with Gasteiger partial charge in [0.2, 0.25) is 0 Å². The summed E-state index contributed by atoms with van der Waals surface area (Å²) in [5, 5.41) is 14.7. The van der Waals surface area contributed by atoms with Crippen molar-refractivity contribution in [3.63, 3.8) is 0 Å². The highest BCUT2D eigenvalue weighted by atomic mass is 79.9. The first-order valence-electron chi connectivity index (χ1n) is 6.73. The number of fused-ring (bicyclic) bond motifs is 1. The number of rotatable bonds is 6. The summed E-state index contributed by atoms with van der Waals surface area (Å²) in [6.45, 7) is 8.25. The second kappa shape index (κ2) is 6.38. The van der Waals surface area contributed by atoms with Crippen LogP contribution in [0.2, 0.25) is 25.7 Å². The number of nitrogens with zero attached hydrogens (tertiary/aromatic N) is 2. The molecule has 0 aliphatic rings. The summed E-state index contributed by atoms with van der Waals surface area (Å²) in [6, 6.07) is 5.07. The van der Waals surface area contributed by atoms with Gasteiger partial charge in [-0.25, -0.2) is 4.68 Å². The van der Waals surface area contributed by atoms with Gasteiger partial charge in [0, 0.05) is 24.5 Å². The zero-order chi connectivity index (χ0) is 14.8. The molecule has 0 aliphatic carbocycles. The average Bonchev–Trinajstić information content (AvgIpc) is 2.75. The van der Waals surface area contributed by atoms with Crippen molar-refractivity contribution in [2.24, 2.45) is 0 Å². The highest BCUT2D eigenvalue weighted by molar-refractivity contribution is 9.10. The Labute approximate surface area is 128 Å². The fourth-order valence-corrected chi connectivity index (χ4v) is 3.22. The normalized spacial score (nSPS) is 12.2. The molecule has 0 saturated heterocycles. The molecule has 4 nitrogen and oxygen atoms in total. The molecule has 6 heteroatoms. The van der Waals surface area contributed by atoms with Crippen LogP contribution in [0.3, 0.4) is 0 Å². The van der Waals surface area contributed by atoms with E-state index < -0.39 is 8.07 Å². The van der Waals surface area contributed by atoms with Crippen LogP contribution in [-0.4, -0.2) is 29.6 Å². The van der Waals surface area contributed by atoms with E-state index in [0.29, 0.717) is 6.73 Å². The van der Waals surface area contributed by atoms with Gasteiger partial charge in [-0.2, -0.15) is 5.10 Å². The Hall–Kier alpha value is -0.693. The summed E-state index contributed by atoms with van der Waals surface area (Å²) in [7, 11) is -1.05. The fourth-order valence-electron chi connectivity index (χ4n) is 1.97. The Morgan fingerprint density at radius 1 is 1.35 bits per heavy atom. The molecule has 0 fully saturated rings. The Morgan fingerprint density at radius 2 is 2.10 bits per heavy atom. The number of benzene rings is 1. The Morgan fingerprint density at radius 3 is 2.75 bits per heavy atom. The maximum Gasteiger partial charge on any atom is 0.139 e. The minimum atomic E-state index is -1.05. The van der Waals surface area contributed by atoms with E-state index in [9.17, 15) is 5.11 Å². The molecule has 0 atom stereocenters. The van der Waals surface area contributed by atoms with Crippen LogP contribution in [0.4, 0.5) is 0 Å². The number of aliphatic hydroxyl groups is 1. The van der Waals surface area contributed by atoms with Crippen molar-refractivity contribution in [2.75, 3.05) is 6.61 Å². The van der Waals surface area contributed by atoms with E-state index in [0.717, 1.165) is 33.6 Å². The molecule has 0 bridgehead atoms. The lowest BCUT2D eigenvalue weighted by molar-refractivity contribution is 0.0817. The van der Waals surface area contributed by atoms with Gasteiger partial charge >= 0.3 is 0 Å². The van der Waals surface area contributed by atoms with Crippen molar-refractivity contribution >= 4 is 34.9 Å². The van der Waals surface area contributed by atoms with E-state index in [2.05, 4.69) is 40.7 Å². The zero-order valence-electron chi connectivity index (χ0n) is 12.2. The number of hydrogen-bond donors (Lipinski definition) is 1. The van der Waals surface area contributed by atoms with E-state index in [1.54, 1.807) is 6.20 Å². The second-order valence-electron chi connectivity index (χ2n) is 6.15. The predicted octanol–water partition coefficient (Wildman–Crippen LogP) is 3.60. The molecule has 0 spiro atoms. The van der Waals surface area contributed by atoms with E-state index in [-0.39, 0.29) is 6.61 Å². The van der Waals surface area contributed by atoms with Gasteiger partial charge in [-0.3, -0.25) is 0 Å².